The highest BCUT2D eigenvalue weighted by Gasteiger charge is 2.30. The summed E-state index contributed by atoms with van der Waals surface area (Å²) in [6.07, 6.45) is 1.94. The molecule has 0 radical (unpaired) electrons. The van der Waals surface area contributed by atoms with Gasteiger partial charge in [0, 0.05) is 26.2 Å². The predicted molar refractivity (Wildman–Crippen MR) is 79.8 cm³/mol. The molecule has 1 aromatic carbocycles. The van der Waals surface area contributed by atoms with Crippen LogP contribution in [0.25, 0.3) is 0 Å². The van der Waals surface area contributed by atoms with Gasteiger partial charge in [-0.1, -0.05) is 12.1 Å². The fourth-order valence-electron chi connectivity index (χ4n) is 2.63. The SMILES string of the molecule is CN1CCCC(N(C)S(=O)(=O)c2cccc(CN)c2)C1. The van der Waals surface area contributed by atoms with Crippen molar-refractivity contribution in [2.24, 2.45) is 5.73 Å². The quantitative estimate of drug-likeness (QED) is 0.895. The Labute approximate surface area is 121 Å². The van der Waals surface area contributed by atoms with Crippen LogP contribution in [0.1, 0.15) is 18.4 Å². The van der Waals surface area contributed by atoms with E-state index in [4.69, 9.17) is 5.73 Å². The number of hydrogen-bond donors (Lipinski definition) is 1. The first-order valence-electron chi connectivity index (χ1n) is 6.90. The van der Waals surface area contributed by atoms with Crippen LogP contribution in [0, 0.1) is 0 Å². The molecule has 0 saturated carbocycles. The van der Waals surface area contributed by atoms with Gasteiger partial charge in [-0.15, -0.1) is 0 Å². The molecule has 1 fully saturated rings. The lowest BCUT2D eigenvalue weighted by Crippen LogP contribution is -2.47. The lowest BCUT2D eigenvalue weighted by atomic mass is 10.1. The van der Waals surface area contributed by atoms with Crippen LogP contribution in [0.2, 0.25) is 0 Å². The highest BCUT2D eigenvalue weighted by molar-refractivity contribution is 7.89. The topological polar surface area (TPSA) is 66.6 Å². The van der Waals surface area contributed by atoms with Crippen LogP contribution < -0.4 is 5.73 Å². The maximum absolute atomic E-state index is 12.7. The van der Waals surface area contributed by atoms with E-state index in [1.807, 2.05) is 13.1 Å². The van der Waals surface area contributed by atoms with E-state index in [0.29, 0.717) is 11.4 Å². The van der Waals surface area contributed by atoms with E-state index in [1.165, 1.54) is 4.31 Å². The smallest absolute Gasteiger partial charge is 0.243 e. The molecule has 0 bridgehead atoms. The number of rotatable bonds is 4. The van der Waals surface area contributed by atoms with Gasteiger partial charge in [0.25, 0.3) is 0 Å². The Morgan fingerprint density at radius 2 is 2.20 bits per heavy atom. The molecule has 1 aliphatic rings. The third-order valence-corrected chi connectivity index (χ3v) is 5.83. The molecular weight excluding hydrogens is 274 g/mol. The second-order valence-corrected chi connectivity index (χ2v) is 7.43. The molecule has 0 aromatic heterocycles. The van der Waals surface area contributed by atoms with E-state index < -0.39 is 10.0 Å². The van der Waals surface area contributed by atoms with E-state index in [1.54, 1.807) is 25.2 Å². The minimum absolute atomic E-state index is 0.0419. The third-order valence-electron chi connectivity index (χ3n) is 3.92. The number of likely N-dealkylation sites (N-methyl/N-ethyl adjacent to an activating group) is 2. The van der Waals surface area contributed by atoms with E-state index in [-0.39, 0.29) is 6.04 Å². The minimum Gasteiger partial charge on any atom is -0.326 e. The van der Waals surface area contributed by atoms with Crippen LogP contribution >= 0.6 is 0 Å². The fraction of sp³-hybridized carbons (Fsp3) is 0.571. The summed E-state index contributed by atoms with van der Waals surface area (Å²) in [5.74, 6) is 0. The molecule has 0 spiro atoms. The Bertz CT molecular complexity index is 559. The van der Waals surface area contributed by atoms with Crippen LogP contribution in [0.4, 0.5) is 0 Å². The van der Waals surface area contributed by atoms with Crippen LogP contribution in [-0.4, -0.2) is 50.8 Å². The molecule has 20 heavy (non-hydrogen) atoms. The summed E-state index contributed by atoms with van der Waals surface area (Å²) in [4.78, 5) is 2.51. The molecule has 6 heteroatoms. The fourth-order valence-corrected chi connectivity index (χ4v) is 4.08. The summed E-state index contributed by atoms with van der Waals surface area (Å²) in [5, 5.41) is 0. The maximum Gasteiger partial charge on any atom is 0.243 e. The molecular formula is C14H23N3O2S. The Balaban J connectivity index is 2.24. The molecule has 5 nitrogen and oxygen atoms in total. The lowest BCUT2D eigenvalue weighted by molar-refractivity contribution is 0.187. The number of sulfonamides is 1. The van der Waals surface area contributed by atoms with Crippen molar-refractivity contribution >= 4 is 10.0 Å². The Morgan fingerprint density at radius 1 is 1.45 bits per heavy atom. The van der Waals surface area contributed by atoms with E-state index in [0.717, 1.165) is 31.5 Å². The highest BCUT2D eigenvalue weighted by atomic mass is 32.2. The van der Waals surface area contributed by atoms with Gasteiger partial charge in [0.2, 0.25) is 10.0 Å². The number of nitrogens with zero attached hydrogens (tertiary/aromatic N) is 2. The molecule has 0 aliphatic carbocycles. The number of piperidine rings is 1. The van der Waals surface area contributed by atoms with E-state index in [9.17, 15) is 8.42 Å². The molecule has 0 amide bonds. The summed E-state index contributed by atoms with van der Waals surface area (Å²) in [5.41, 5.74) is 6.42. The van der Waals surface area contributed by atoms with Gasteiger partial charge in [-0.3, -0.25) is 0 Å². The van der Waals surface area contributed by atoms with Crippen LogP contribution in [-0.2, 0) is 16.6 Å². The zero-order chi connectivity index (χ0) is 14.8. The van der Waals surface area contributed by atoms with Gasteiger partial charge in [0.05, 0.1) is 4.90 Å². The first-order valence-corrected chi connectivity index (χ1v) is 8.34. The van der Waals surface area contributed by atoms with Gasteiger partial charge in [0.15, 0.2) is 0 Å². The van der Waals surface area contributed by atoms with Crippen molar-refractivity contribution in [3.8, 4) is 0 Å². The zero-order valence-corrected chi connectivity index (χ0v) is 12.9. The summed E-state index contributed by atoms with van der Waals surface area (Å²) < 4.78 is 26.9. The van der Waals surface area contributed by atoms with Crippen LogP contribution in [0.3, 0.4) is 0 Å². The van der Waals surface area contributed by atoms with E-state index >= 15 is 0 Å². The molecule has 1 aromatic rings. The van der Waals surface area contributed by atoms with Gasteiger partial charge in [-0.25, -0.2) is 8.42 Å². The molecule has 112 valence electrons. The van der Waals surface area contributed by atoms with Crippen molar-refractivity contribution in [2.75, 3.05) is 27.2 Å². The molecule has 1 unspecified atom stereocenters. The number of hydrogen-bond acceptors (Lipinski definition) is 4. The Hall–Kier alpha value is -0.950. The average molecular weight is 297 g/mol. The van der Waals surface area contributed by atoms with Gasteiger partial charge < -0.3 is 10.6 Å². The largest absolute Gasteiger partial charge is 0.326 e. The van der Waals surface area contributed by atoms with Crippen molar-refractivity contribution in [1.82, 2.24) is 9.21 Å². The number of benzene rings is 1. The van der Waals surface area contributed by atoms with Crippen molar-refractivity contribution < 1.29 is 8.42 Å². The Kier molecular flexibility index (Phi) is 4.80. The normalized spacial score (nSPS) is 21.3. The first kappa shape index (κ1) is 15.4. The van der Waals surface area contributed by atoms with Gasteiger partial charge in [-0.05, 0) is 44.1 Å². The average Bonchev–Trinajstić information content (AvgIpc) is 2.46. The maximum atomic E-state index is 12.7. The molecule has 1 heterocycles. The first-order chi connectivity index (χ1) is 9.45. The monoisotopic (exact) mass is 297 g/mol. The molecule has 1 saturated heterocycles. The molecule has 1 atom stereocenters. The standard InChI is InChI=1S/C14H23N3O2S/c1-16-8-4-6-13(11-16)17(2)20(18,19)14-7-3-5-12(9-14)10-15/h3,5,7,9,13H,4,6,8,10-11,15H2,1-2H3. The molecule has 2 N–H and O–H groups in total. The van der Waals surface area contributed by atoms with Crippen molar-refractivity contribution in [3.63, 3.8) is 0 Å². The van der Waals surface area contributed by atoms with Crippen molar-refractivity contribution in [1.29, 1.82) is 0 Å². The number of nitrogens with two attached hydrogens (primary N) is 1. The van der Waals surface area contributed by atoms with Crippen LogP contribution in [0.5, 0.6) is 0 Å². The summed E-state index contributed by atoms with van der Waals surface area (Å²) in [6, 6.07) is 6.93. The third kappa shape index (κ3) is 3.20. The Morgan fingerprint density at radius 3 is 2.85 bits per heavy atom. The summed E-state index contributed by atoms with van der Waals surface area (Å²) in [6.45, 7) is 2.17. The zero-order valence-electron chi connectivity index (χ0n) is 12.1. The second kappa shape index (κ2) is 6.22. The summed E-state index contributed by atoms with van der Waals surface area (Å²) in [7, 11) is 0.261. The lowest BCUT2D eigenvalue weighted by Gasteiger charge is -2.35. The molecule has 1 aliphatic heterocycles. The number of likely N-dealkylation sites (tertiary alicyclic amines) is 1. The van der Waals surface area contributed by atoms with Gasteiger partial charge >= 0.3 is 0 Å². The van der Waals surface area contributed by atoms with Gasteiger partial charge in [-0.2, -0.15) is 4.31 Å². The van der Waals surface area contributed by atoms with Gasteiger partial charge in [0.1, 0.15) is 0 Å². The van der Waals surface area contributed by atoms with Crippen LogP contribution in [0.15, 0.2) is 29.2 Å². The molecule has 2 rings (SSSR count). The van der Waals surface area contributed by atoms with E-state index in [2.05, 4.69) is 4.90 Å². The predicted octanol–water partition coefficient (Wildman–Crippen LogP) is 0.860. The van der Waals surface area contributed by atoms with Crippen molar-refractivity contribution in [2.45, 2.75) is 30.3 Å². The second-order valence-electron chi connectivity index (χ2n) is 5.43. The summed E-state index contributed by atoms with van der Waals surface area (Å²) >= 11 is 0. The minimum atomic E-state index is -3.44. The van der Waals surface area contributed by atoms with Crippen molar-refractivity contribution in [3.05, 3.63) is 29.8 Å². The highest BCUT2D eigenvalue weighted by Crippen LogP contribution is 2.22.